The van der Waals surface area contributed by atoms with E-state index in [-0.39, 0.29) is 18.0 Å². The van der Waals surface area contributed by atoms with E-state index in [1.54, 1.807) is 11.3 Å². The van der Waals surface area contributed by atoms with E-state index < -0.39 is 0 Å². The molecule has 3 aromatic rings. The van der Waals surface area contributed by atoms with Gasteiger partial charge >= 0.3 is 0 Å². The van der Waals surface area contributed by atoms with Crippen LogP contribution in [0.2, 0.25) is 0 Å². The van der Waals surface area contributed by atoms with Gasteiger partial charge in [-0.05, 0) is 17.5 Å². The highest BCUT2D eigenvalue weighted by molar-refractivity contribution is 7.80. The van der Waals surface area contributed by atoms with E-state index in [9.17, 15) is 9.59 Å². The minimum absolute atomic E-state index is 0.0745. The quantitative estimate of drug-likeness (QED) is 0.691. The predicted octanol–water partition coefficient (Wildman–Crippen LogP) is 1.32. The molecule has 0 spiro atoms. The zero-order chi connectivity index (χ0) is 15.7. The Bertz CT molecular complexity index is 893. The average molecular weight is 336 g/mol. The van der Waals surface area contributed by atoms with E-state index in [0.29, 0.717) is 24.2 Å². The Kier molecular flexibility index (Phi) is 4.21. The molecule has 8 heteroatoms. The van der Waals surface area contributed by atoms with E-state index in [4.69, 9.17) is 0 Å². The maximum Gasteiger partial charge on any atom is 0.291 e. The van der Waals surface area contributed by atoms with E-state index in [1.807, 2.05) is 28.8 Å². The van der Waals surface area contributed by atoms with Gasteiger partial charge in [-0.3, -0.25) is 14.0 Å². The number of carbonyl (C=O) groups is 1. The maximum atomic E-state index is 12.6. The predicted molar refractivity (Wildman–Crippen MR) is 91.1 cm³/mol. The van der Waals surface area contributed by atoms with Crippen LogP contribution in [0.4, 0.5) is 0 Å². The topological polar surface area (TPSA) is 68.4 Å². The summed E-state index contributed by atoms with van der Waals surface area (Å²) in [7, 11) is 0. The van der Waals surface area contributed by atoms with Crippen molar-refractivity contribution in [2.45, 2.75) is 19.9 Å². The van der Waals surface area contributed by atoms with Crippen LogP contribution in [0.25, 0.3) is 15.7 Å². The number of amides is 1. The van der Waals surface area contributed by atoms with Gasteiger partial charge in [0.25, 0.3) is 5.56 Å². The number of aromatic nitrogens is 3. The van der Waals surface area contributed by atoms with Gasteiger partial charge in [0, 0.05) is 18.7 Å². The number of hydrogen-bond acceptors (Lipinski definition) is 5. The lowest BCUT2D eigenvalue weighted by molar-refractivity contribution is -0.121. The van der Waals surface area contributed by atoms with Gasteiger partial charge in [0.15, 0.2) is 0 Å². The third-order valence-electron chi connectivity index (χ3n) is 3.41. The molecule has 1 N–H and O–H groups in total. The molecule has 22 heavy (non-hydrogen) atoms. The molecule has 3 heterocycles. The number of hydrogen-bond donors (Lipinski definition) is 2. The van der Waals surface area contributed by atoms with Crippen LogP contribution in [0.15, 0.2) is 22.3 Å². The summed E-state index contributed by atoms with van der Waals surface area (Å²) < 4.78 is 4.17. The van der Waals surface area contributed by atoms with Gasteiger partial charge in [-0.15, -0.1) is 11.3 Å². The molecule has 0 fully saturated rings. The van der Waals surface area contributed by atoms with E-state index in [1.165, 1.54) is 4.68 Å². The smallest absolute Gasteiger partial charge is 0.291 e. The van der Waals surface area contributed by atoms with Gasteiger partial charge in [0.05, 0.1) is 10.2 Å². The number of fused-ring (bicyclic) bond motifs is 3. The Hall–Kier alpha value is -1.80. The monoisotopic (exact) mass is 336 g/mol. The number of thiophene rings is 1. The number of carbonyl (C=O) groups excluding carboxylic acids is 1. The van der Waals surface area contributed by atoms with Crippen molar-refractivity contribution in [2.24, 2.45) is 0 Å². The van der Waals surface area contributed by atoms with Crippen LogP contribution in [0.5, 0.6) is 0 Å². The lowest BCUT2D eigenvalue weighted by atomic mass is 10.4. The van der Waals surface area contributed by atoms with Crippen LogP contribution in [0.1, 0.15) is 12.7 Å². The molecule has 116 valence electrons. The number of nitrogens with one attached hydrogen (secondary N) is 1. The van der Waals surface area contributed by atoms with Crippen molar-refractivity contribution in [3.8, 4) is 0 Å². The SMILES string of the molecule is CCc1nn(CC(=O)NCCS)c(=O)c2cc3sccc3n12. The van der Waals surface area contributed by atoms with Gasteiger partial charge in [-0.1, -0.05) is 6.92 Å². The summed E-state index contributed by atoms with van der Waals surface area (Å²) in [6.45, 7) is 2.38. The van der Waals surface area contributed by atoms with E-state index in [0.717, 1.165) is 16.0 Å². The zero-order valence-electron chi connectivity index (χ0n) is 12.1. The van der Waals surface area contributed by atoms with Gasteiger partial charge in [-0.2, -0.15) is 17.7 Å². The van der Waals surface area contributed by atoms with Gasteiger partial charge in [-0.25, -0.2) is 4.68 Å². The summed E-state index contributed by atoms with van der Waals surface area (Å²) in [6.07, 6.45) is 0.675. The molecule has 0 saturated heterocycles. The van der Waals surface area contributed by atoms with E-state index in [2.05, 4.69) is 23.0 Å². The first-order valence-electron chi connectivity index (χ1n) is 7.02. The molecular formula is C14H16N4O2S2. The average Bonchev–Trinajstić information content (AvgIpc) is 3.09. The number of thiol groups is 1. The summed E-state index contributed by atoms with van der Waals surface area (Å²) >= 11 is 5.63. The Morgan fingerprint density at radius 2 is 2.27 bits per heavy atom. The second kappa shape index (κ2) is 6.13. The Labute approximate surface area is 136 Å². The third kappa shape index (κ3) is 2.52. The first-order valence-corrected chi connectivity index (χ1v) is 8.53. The second-order valence-corrected chi connectivity index (χ2v) is 6.24. The highest BCUT2D eigenvalue weighted by atomic mass is 32.1. The van der Waals surface area contributed by atoms with E-state index >= 15 is 0 Å². The number of rotatable bonds is 5. The van der Waals surface area contributed by atoms with Gasteiger partial charge in [0.2, 0.25) is 5.91 Å². The Morgan fingerprint density at radius 3 is 3.00 bits per heavy atom. The molecule has 3 rings (SSSR count). The molecular weight excluding hydrogens is 320 g/mol. The fourth-order valence-corrected chi connectivity index (χ4v) is 3.36. The van der Waals surface area contributed by atoms with Crippen LogP contribution in [0, 0.1) is 0 Å². The summed E-state index contributed by atoms with van der Waals surface area (Å²) in [5.41, 5.74) is 1.31. The van der Waals surface area contributed by atoms with Crippen molar-refractivity contribution in [1.29, 1.82) is 0 Å². The Balaban J connectivity index is 2.10. The van der Waals surface area contributed by atoms with Crippen molar-refractivity contribution >= 4 is 45.6 Å². The van der Waals surface area contributed by atoms with Crippen molar-refractivity contribution in [1.82, 2.24) is 19.5 Å². The summed E-state index contributed by atoms with van der Waals surface area (Å²) in [4.78, 5) is 24.4. The van der Waals surface area contributed by atoms with Crippen LogP contribution in [0.3, 0.4) is 0 Å². The maximum absolute atomic E-state index is 12.6. The van der Waals surface area contributed by atoms with Gasteiger partial charge < -0.3 is 5.32 Å². The van der Waals surface area contributed by atoms with Crippen LogP contribution >= 0.6 is 24.0 Å². The van der Waals surface area contributed by atoms with Crippen LogP contribution in [-0.2, 0) is 17.8 Å². The molecule has 3 aromatic heterocycles. The molecule has 1 amide bonds. The molecule has 0 atom stereocenters. The molecule has 0 aromatic carbocycles. The highest BCUT2D eigenvalue weighted by Gasteiger charge is 2.15. The first-order chi connectivity index (χ1) is 10.7. The second-order valence-electron chi connectivity index (χ2n) is 4.84. The first kappa shape index (κ1) is 15.1. The molecule has 0 bridgehead atoms. The van der Waals surface area contributed by atoms with Crippen LogP contribution < -0.4 is 10.9 Å². The summed E-state index contributed by atoms with van der Waals surface area (Å²) in [5, 5.41) is 9.05. The fourth-order valence-electron chi connectivity index (χ4n) is 2.45. The molecule has 0 aliphatic carbocycles. The van der Waals surface area contributed by atoms with Crippen molar-refractivity contribution < 1.29 is 4.79 Å². The lowest BCUT2D eigenvalue weighted by Gasteiger charge is -2.09. The fraction of sp³-hybridized carbons (Fsp3) is 0.357. The summed E-state index contributed by atoms with van der Waals surface area (Å²) in [6, 6.07) is 3.85. The van der Waals surface area contributed by atoms with Crippen molar-refractivity contribution in [3.63, 3.8) is 0 Å². The zero-order valence-corrected chi connectivity index (χ0v) is 13.8. The molecule has 0 unspecified atom stereocenters. The Morgan fingerprint density at radius 1 is 1.45 bits per heavy atom. The normalized spacial score (nSPS) is 11.4. The molecule has 0 radical (unpaired) electrons. The molecule has 0 aliphatic heterocycles. The highest BCUT2D eigenvalue weighted by Crippen LogP contribution is 2.24. The standard InChI is InChI=1S/C14H16N4O2S2/c1-2-12-16-17(8-13(19)15-4-5-21)14(20)10-7-11-9(18(10)12)3-6-22-11/h3,6-7,21H,2,4-5,8H2,1H3,(H,15,19). The minimum Gasteiger partial charge on any atom is -0.354 e. The number of aryl methyl sites for hydroxylation is 1. The molecule has 6 nitrogen and oxygen atoms in total. The molecule has 0 saturated carbocycles. The third-order valence-corrected chi connectivity index (χ3v) is 4.49. The van der Waals surface area contributed by atoms with Gasteiger partial charge in [0.1, 0.15) is 17.9 Å². The molecule has 0 aliphatic rings. The number of nitrogens with zero attached hydrogens (tertiary/aromatic N) is 3. The van der Waals surface area contributed by atoms with Crippen molar-refractivity contribution in [3.05, 3.63) is 33.7 Å². The van der Waals surface area contributed by atoms with Crippen molar-refractivity contribution in [2.75, 3.05) is 12.3 Å². The summed E-state index contributed by atoms with van der Waals surface area (Å²) in [5.74, 6) is 1.09. The minimum atomic E-state index is -0.248. The lowest BCUT2D eigenvalue weighted by Crippen LogP contribution is -2.35. The van der Waals surface area contributed by atoms with Crippen LogP contribution in [-0.4, -0.2) is 32.4 Å². The largest absolute Gasteiger partial charge is 0.354 e.